The molecule has 3 unspecified atom stereocenters. The average Bonchev–Trinajstić information content (AvgIpc) is 3.63. The monoisotopic (exact) mass is 1270 g/mol. The summed E-state index contributed by atoms with van der Waals surface area (Å²) in [4.78, 5) is 40.3. The Morgan fingerprint density at radius 2 is 0.685 bits per heavy atom. The Morgan fingerprint density at radius 1 is 0.393 bits per heavy atom. The van der Waals surface area contributed by atoms with Crippen molar-refractivity contribution >= 4 is 19.7 Å². The van der Waals surface area contributed by atoms with Gasteiger partial charge in [-0.1, -0.05) is 325 Å². The Hall–Kier alpha value is -2.55. The number of hydrogen-bond acceptors (Lipinski definition) is 7. The van der Waals surface area contributed by atoms with Gasteiger partial charge in [0.25, 0.3) is 7.82 Å². The molecule has 520 valence electrons. The lowest BCUT2D eigenvalue weighted by Gasteiger charge is -2.30. The molecule has 0 aliphatic heterocycles. The van der Waals surface area contributed by atoms with Crippen LogP contribution >= 0.6 is 7.82 Å². The van der Waals surface area contributed by atoms with Crippen LogP contribution in [0.4, 0.5) is 0 Å². The van der Waals surface area contributed by atoms with E-state index < -0.39 is 20.0 Å². The zero-order valence-electron chi connectivity index (χ0n) is 59.6. The minimum Gasteiger partial charge on any atom is -0.756 e. The molecule has 0 aromatic rings. The maximum Gasteiger partial charge on any atom is 0.306 e. The molecule has 0 heterocycles. The zero-order valence-corrected chi connectivity index (χ0v) is 60.5. The van der Waals surface area contributed by atoms with Crippen molar-refractivity contribution in [3.8, 4) is 0 Å². The summed E-state index contributed by atoms with van der Waals surface area (Å²) in [7, 11) is 1.19. The van der Waals surface area contributed by atoms with Crippen molar-refractivity contribution in [2.45, 2.75) is 380 Å². The first-order valence-corrected chi connectivity index (χ1v) is 39.7. The van der Waals surface area contributed by atoms with Crippen LogP contribution < -0.4 is 10.2 Å². The molecule has 1 N–H and O–H groups in total. The standard InChI is InChI=1S/C79H147N2O7P/c1-7-10-13-16-19-22-25-28-30-32-34-36-38-39-40-41-43-45-47-49-51-54-57-60-63-66-69-72-79(83)88-77(70-67-64-61-58-55-52-27-24-21-18-15-12-9-3)76(75-87-89(84,85)86-74-73-81(4,5)6)80-78(82)71-68-65-62-59-56-53-50-48-46-44-42-37-35-33-31-29-26-23-20-17-14-11-8-2/h19,22,28-31,34,36,39-40,67,70,76-77H,7-18,20-21,23-27,32-33,35,37-38,41-66,68-69,71-75H2,1-6H3,(H-,80,82,84,85)/b22-19-,30-28-,31-29+,36-34-,40-39-,70-67+. The summed E-state index contributed by atoms with van der Waals surface area (Å²) in [5.41, 5.74) is 0. The Morgan fingerprint density at radius 3 is 1.06 bits per heavy atom. The van der Waals surface area contributed by atoms with E-state index in [1.54, 1.807) is 0 Å². The van der Waals surface area contributed by atoms with E-state index in [-0.39, 0.29) is 31.5 Å². The molecule has 0 radical (unpaired) electrons. The van der Waals surface area contributed by atoms with Gasteiger partial charge in [-0.3, -0.25) is 14.2 Å². The summed E-state index contributed by atoms with van der Waals surface area (Å²) < 4.78 is 30.5. The fraction of sp³-hybridized carbons (Fsp3) is 0.823. The number of allylic oxidation sites excluding steroid dienone is 11. The van der Waals surface area contributed by atoms with Crippen LogP contribution in [-0.2, 0) is 27.9 Å². The number of esters is 1. The topological polar surface area (TPSA) is 114 Å². The Bertz CT molecular complexity index is 1750. The fourth-order valence-electron chi connectivity index (χ4n) is 11.2. The van der Waals surface area contributed by atoms with Crippen molar-refractivity contribution in [3.05, 3.63) is 72.9 Å². The van der Waals surface area contributed by atoms with E-state index in [4.69, 9.17) is 13.8 Å². The van der Waals surface area contributed by atoms with Gasteiger partial charge in [0.1, 0.15) is 19.3 Å². The summed E-state index contributed by atoms with van der Waals surface area (Å²) in [6, 6.07) is -0.893. The molecule has 3 atom stereocenters. The van der Waals surface area contributed by atoms with Crippen molar-refractivity contribution in [1.82, 2.24) is 5.32 Å². The number of unbranched alkanes of at least 4 members (excludes halogenated alkanes) is 44. The van der Waals surface area contributed by atoms with Gasteiger partial charge in [0.15, 0.2) is 0 Å². The highest BCUT2D eigenvalue weighted by molar-refractivity contribution is 7.45. The molecule has 0 rings (SSSR count). The number of ether oxygens (including phenoxy) is 1. The number of nitrogens with zero attached hydrogens (tertiary/aromatic N) is 1. The van der Waals surface area contributed by atoms with Crippen LogP contribution in [0.3, 0.4) is 0 Å². The molecule has 0 saturated heterocycles. The molecule has 0 spiro atoms. The summed E-state index contributed by atoms with van der Waals surface area (Å²) in [6.07, 6.45) is 90.3. The third kappa shape index (κ3) is 69.6. The number of phosphoric ester groups is 1. The minimum absolute atomic E-state index is 0.0231. The second-order valence-corrected chi connectivity index (χ2v) is 28.6. The highest BCUT2D eigenvalue weighted by Crippen LogP contribution is 2.38. The fourth-order valence-corrected chi connectivity index (χ4v) is 11.9. The summed E-state index contributed by atoms with van der Waals surface area (Å²) in [5.74, 6) is -0.531. The van der Waals surface area contributed by atoms with Gasteiger partial charge in [0.05, 0.1) is 33.8 Å². The van der Waals surface area contributed by atoms with Crippen LogP contribution in [-0.4, -0.2) is 69.4 Å². The van der Waals surface area contributed by atoms with E-state index in [1.807, 2.05) is 33.3 Å². The molecule has 0 saturated carbocycles. The lowest BCUT2D eigenvalue weighted by Crippen LogP contribution is -2.47. The van der Waals surface area contributed by atoms with Crippen LogP contribution in [0.5, 0.6) is 0 Å². The predicted molar refractivity (Wildman–Crippen MR) is 385 cm³/mol. The SMILES string of the molecule is CCCCC/C=C\C/C=C\C/C=C\C/C=C\CCCCCCCCCCCCCC(=O)OC(/C=C/CCCCCCCCCCCCC)C(COP(=O)([O-])OCC[N+](C)(C)C)NC(=O)CCCCCCCCCCCCCCC/C=C/CCCCCCCC. The van der Waals surface area contributed by atoms with E-state index in [1.165, 1.54) is 257 Å². The van der Waals surface area contributed by atoms with Gasteiger partial charge < -0.3 is 28.5 Å². The molecule has 0 aromatic heterocycles. The highest BCUT2D eigenvalue weighted by Gasteiger charge is 2.27. The molecule has 0 aliphatic rings. The van der Waals surface area contributed by atoms with Gasteiger partial charge in [-0.25, -0.2) is 0 Å². The van der Waals surface area contributed by atoms with Gasteiger partial charge in [0.2, 0.25) is 5.91 Å². The molecule has 89 heavy (non-hydrogen) atoms. The van der Waals surface area contributed by atoms with Gasteiger partial charge in [-0.15, -0.1) is 0 Å². The number of likely N-dealkylation sites (N-methyl/N-ethyl adjacent to an activating group) is 1. The van der Waals surface area contributed by atoms with Crippen LogP contribution in [0.15, 0.2) is 72.9 Å². The van der Waals surface area contributed by atoms with Crippen LogP contribution in [0, 0.1) is 0 Å². The first-order valence-electron chi connectivity index (χ1n) is 38.2. The number of rotatable bonds is 70. The second-order valence-electron chi connectivity index (χ2n) is 27.1. The number of carbonyl (C=O) groups excluding carboxylic acids is 2. The smallest absolute Gasteiger partial charge is 0.306 e. The zero-order chi connectivity index (χ0) is 64.9. The molecule has 0 aliphatic carbocycles. The number of carbonyl (C=O) groups is 2. The summed E-state index contributed by atoms with van der Waals surface area (Å²) >= 11 is 0. The van der Waals surface area contributed by atoms with Gasteiger partial charge in [-0.05, 0) is 102 Å². The molecule has 0 fully saturated rings. The molecular formula is C79H147N2O7P. The lowest BCUT2D eigenvalue weighted by molar-refractivity contribution is -0.870. The first-order chi connectivity index (χ1) is 43.4. The van der Waals surface area contributed by atoms with Gasteiger partial charge in [0, 0.05) is 12.8 Å². The first kappa shape index (κ1) is 86.5. The van der Waals surface area contributed by atoms with E-state index in [0.717, 1.165) is 77.0 Å². The van der Waals surface area contributed by atoms with Crippen molar-refractivity contribution in [2.24, 2.45) is 0 Å². The highest BCUT2D eigenvalue weighted by atomic mass is 31.2. The third-order valence-corrected chi connectivity index (χ3v) is 18.1. The third-order valence-electron chi connectivity index (χ3n) is 17.1. The molecule has 0 bridgehead atoms. The summed E-state index contributed by atoms with van der Waals surface area (Å²) in [5, 5.41) is 3.05. The molecular weight excluding hydrogens is 1120 g/mol. The molecule has 0 aromatic carbocycles. The van der Waals surface area contributed by atoms with Crippen LogP contribution in [0.25, 0.3) is 0 Å². The van der Waals surface area contributed by atoms with Gasteiger partial charge >= 0.3 is 5.97 Å². The second kappa shape index (κ2) is 68.3. The van der Waals surface area contributed by atoms with E-state index in [0.29, 0.717) is 17.4 Å². The number of phosphoric acid groups is 1. The van der Waals surface area contributed by atoms with Crippen molar-refractivity contribution in [1.29, 1.82) is 0 Å². The number of quaternary nitrogens is 1. The maximum absolute atomic E-state index is 13.6. The Labute approximate surface area is 553 Å². The van der Waals surface area contributed by atoms with Crippen molar-refractivity contribution in [3.63, 3.8) is 0 Å². The van der Waals surface area contributed by atoms with E-state index >= 15 is 0 Å². The number of hydrogen-bond donors (Lipinski definition) is 1. The number of nitrogens with one attached hydrogen (secondary N) is 1. The van der Waals surface area contributed by atoms with Crippen molar-refractivity contribution in [2.75, 3.05) is 40.9 Å². The van der Waals surface area contributed by atoms with E-state index in [9.17, 15) is 19.0 Å². The average molecular weight is 1270 g/mol. The predicted octanol–water partition coefficient (Wildman–Crippen LogP) is 24.1. The lowest BCUT2D eigenvalue weighted by atomic mass is 10.0. The maximum atomic E-state index is 13.6. The largest absolute Gasteiger partial charge is 0.756 e. The Kier molecular flexibility index (Phi) is 66.4. The minimum atomic E-state index is -4.71. The molecule has 10 heteroatoms. The normalized spacial score (nSPS) is 13.8. The quantitative estimate of drug-likeness (QED) is 0.0212. The van der Waals surface area contributed by atoms with Crippen molar-refractivity contribution < 1.29 is 37.3 Å². The summed E-state index contributed by atoms with van der Waals surface area (Å²) in [6.45, 7) is 6.86. The Balaban J connectivity index is 5.02. The van der Waals surface area contributed by atoms with Gasteiger partial charge in [-0.2, -0.15) is 0 Å². The number of amides is 1. The van der Waals surface area contributed by atoms with E-state index in [2.05, 4.69) is 86.8 Å². The molecule has 9 nitrogen and oxygen atoms in total. The van der Waals surface area contributed by atoms with Crippen LogP contribution in [0.2, 0.25) is 0 Å². The molecule has 1 amide bonds. The van der Waals surface area contributed by atoms with Crippen LogP contribution in [0.1, 0.15) is 367 Å².